The van der Waals surface area contributed by atoms with Gasteiger partial charge in [0.2, 0.25) is 0 Å². The first-order chi connectivity index (χ1) is 16.1. The minimum Gasteiger partial charge on any atom is -0.565 e. The van der Waals surface area contributed by atoms with E-state index in [1.807, 2.05) is 19.1 Å². The van der Waals surface area contributed by atoms with E-state index in [1.165, 1.54) is 18.5 Å². The second-order valence-electron chi connectivity index (χ2n) is 6.62. The molecular formula is C20H19Cl3N3O7P. The Morgan fingerprint density at radius 1 is 1.12 bits per heavy atom. The van der Waals surface area contributed by atoms with Crippen LogP contribution in [0.4, 0.5) is 5.69 Å². The first-order valence-electron chi connectivity index (χ1n) is 9.44. The fraction of sp³-hybridized carbons (Fsp3) is 0.200. The van der Waals surface area contributed by atoms with E-state index in [-0.39, 0.29) is 22.9 Å². The van der Waals surface area contributed by atoms with Crippen molar-refractivity contribution >= 4 is 48.7 Å². The molecular weight excluding hydrogens is 532 g/mol. The molecule has 1 aromatic heterocycles. The summed E-state index contributed by atoms with van der Waals surface area (Å²) in [7, 11) is -3.04. The van der Waals surface area contributed by atoms with Gasteiger partial charge in [0, 0.05) is 18.2 Å². The van der Waals surface area contributed by atoms with Crippen LogP contribution in [0.2, 0.25) is 15.1 Å². The van der Waals surface area contributed by atoms with Crippen molar-refractivity contribution < 1.29 is 30.5 Å². The first kappa shape index (κ1) is 27.8. The van der Waals surface area contributed by atoms with Crippen LogP contribution in [-0.2, 0) is 22.1 Å². The average Bonchev–Trinajstić information content (AvgIpc) is 2.80. The lowest BCUT2D eigenvalue weighted by atomic mass is 10.1. The third-order valence-corrected chi connectivity index (χ3v) is 5.51. The van der Waals surface area contributed by atoms with Gasteiger partial charge in [0.25, 0.3) is 5.69 Å². The molecule has 0 saturated carbocycles. The summed E-state index contributed by atoms with van der Waals surface area (Å²) in [4.78, 5) is 27.5. The van der Waals surface area contributed by atoms with Crippen LogP contribution in [0, 0.1) is 17.0 Å². The maximum Gasteiger partial charge on any atom is 0.521 e. The molecule has 0 spiro atoms. The summed E-state index contributed by atoms with van der Waals surface area (Å²) in [6.07, 6.45) is 4.01. The minimum atomic E-state index is -3.04. The zero-order valence-corrected chi connectivity index (χ0v) is 20.6. The highest BCUT2D eigenvalue weighted by Crippen LogP contribution is 2.39. The number of halogens is 3. The molecule has 3 aromatic rings. The predicted octanol–water partition coefficient (Wildman–Crippen LogP) is 6.36. The van der Waals surface area contributed by atoms with E-state index in [2.05, 4.69) is 14.6 Å². The van der Waals surface area contributed by atoms with E-state index in [9.17, 15) is 10.1 Å². The molecule has 14 heteroatoms. The number of rotatable bonds is 8. The molecule has 0 radical (unpaired) electrons. The Morgan fingerprint density at radius 3 is 2.24 bits per heavy atom. The van der Waals surface area contributed by atoms with E-state index in [0.717, 1.165) is 36.2 Å². The van der Waals surface area contributed by atoms with Crippen molar-refractivity contribution in [1.29, 1.82) is 0 Å². The van der Waals surface area contributed by atoms with Crippen molar-refractivity contribution in [3.8, 4) is 11.5 Å². The molecule has 0 saturated heterocycles. The average molecular weight is 551 g/mol. The SMILES string of the molecule is Cc1ncnc(CCCc2ccc(Oc3c(Cl)cc([N+](=O)[O-])cc3Cl)cc2)c1Cl.O=[P+]([O-])OO.[HH]. The summed E-state index contributed by atoms with van der Waals surface area (Å²) in [5, 5.41) is 18.7. The van der Waals surface area contributed by atoms with Crippen molar-refractivity contribution in [3.63, 3.8) is 0 Å². The maximum absolute atomic E-state index is 10.9. The lowest BCUT2D eigenvalue weighted by molar-refractivity contribution is -0.384. The number of hydrogen-bond acceptors (Lipinski definition) is 9. The Morgan fingerprint density at radius 2 is 1.71 bits per heavy atom. The normalized spacial score (nSPS) is 10.8. The molecule has 10 nitrogen and oxygen atoms in total. The highest BCUT2D eigenvalue weighted by molar-refractivity contribution is 7.30. The number of aromatic nitrogens is 2. The number of benzene rings is 2. The summed E-state index contributed by atoms with van der Waals surface area (Å²) >= 11 is 18.4. The molecule has 34 heavy (non-hydrogen) atoms. The van der Waals surface area contributed by atoms with Gasteiger partial charge in [-0.2, -0.15) is 0 Å². The van der Waals surface area contributed by atoms with Crippen molar-refractivity contribution in [2.45, 2.75) is 26.2 Å². The number of hydrogen-bond donors (Lipinski definition) is 1. The third-order valence-electron chi connectivity index (χ3n) is 4.32. The Bertz CT molecular complexity index is 1150. The zero-order chi connectivity index (χ0) is 25.3. The van der Waals surface area contributed by atoms with Crippen LogP contribution in [0.3, 0.4) is 0 Å². The van der Waals surface area contributed by atoms with Crippen LogP contribution in [0.25, 0.3) is 0 Å². The Labute approximate surface area is 211 Å². The number of non-ortho nitro benzene ring substituents is 1. The minimum absolute atomic E-state index is 0. The summed E-state index contributed by atoms with van der Waals surface area (Å²) in [5.41, 5.74) is 2.56. The maximum atomic E-state index is 10.9. The number of nitro benzene ring substituents is 1. The molecule has 1 atom stereocenters. The molecule has 1 N–H and O–H groups in total. The molecule has 1 heterocycles. The topological polar surface area (TPSA) is 148 Å². The van der Waals surface area contributed by atoms with E-state index in [0.29, 0.717) is 10.8 Å². The van der Waals surface area contributed by atoms with Crippen LogP contribution in [0.15, 0.2) is 42.7 Å². The van der Waals surface area contributed by atoms with Crippen LogP contribution in [0.5, 0.6) is 11.5 Å². The number of aryl methyl sites for hydroxylation is 3. The van der Waals surface area contributed by atoms with Crippen LogP contribution in [-0.4, -0.2) is 20.1 Å². The number of nitro groups is 1. The highest BCUT2D eigenvalue weighted by Gasteiger charge is 2.16. The van der Waals surface area contributed by atoms with Crippen molar-refractivity contribution in [1.82, 2.24) is 9.97 Å². The Kier molecular flexibility index (Phi) is 11.0. The predicted molar refractivity (Wildman–Crippen MR) is 127 cm³/mol. The fourth-order valence-corrected chi connectivity index (χ4v) is 3.48. The van der Waals surface area contributed by atoms with Gasteiger partial charge in [-0.15, -0.1) is 0 Å². The molecule has 3 rings (SSSR count). The lowest BCUT2D eigenvalue weighted by Crippen LogP contribution is -1.97. The second-order valence-corrected chi connectivity index (χ2v) is 8.42. The van der Waals surface area contributed by atoms with Gasteiger partial charge in [-0.3, -0.25) is 10.1 Å². The van der Waals surface area contributed by atoms with Crippen LogP contribution >= 0.6 is 43.1 Å². The smallest absolute Gasteiger partial charge is 0.521 e. The molecule has 2 aromatic carbocycles. The molecule has 1 unspecified atom stereocenters. The molecule has 0 bridgehead atoms. The quantitative estimate of drug-likeness (QED) is 0.146. The zero-order valence-electron chi connectivity index (χ0n) is 17.5. The van der Waals surface area contributed by atoms with Crippen molar-refractivity contribution in [2.24, 2.45) is 0 Å². The Balaban J connectivity index is 0.000000927. The van der Waals surface area contributed by atoms with E-state index < -0.39 is 13.2 Å². The number of ether oxygens (including phenoxy) is 1. The monoisotopic (exact) mass is 549 g/mol. The van der Waals surface area contributed by atoms with Crippen LogP contribution < -0.4 is 9.63 Å². The standard InChI is InChI=1S/C20H16Cl3N3O3.HO4P.H2/c1-12-19(23)18(25-11-24-12)4-2-3-13-5-7-15(8-6-13)29-20-16(21)9-14(26(27)28)10-17(20)22;1-4-5(2)3;/h5-11H,2-4H2,1H3;1H;1H. The van der Waals surface area contributed by atoms with E-state index in [4.69, 9.17) is 54.3 Å². The van der Waals surface area contributed by atoms with Gasteiger partial charge in [-0.05, 0) is 48.4 Å². The van der Waals surface area contributed by atoms with Gasteiger partial charge >= 0.3 is 8.25 Å². The molecule has 0 fully saturated rings. The summed E-state index contributed by atoms with van der Waals surface area (Å²) in [6.45, 7) is 1.86. The molecule has 182 valence electrons. The number of nitrogens with zero attached hydrogens (tertiary/aromatic N) is 3. The van der Waals surface area contributed by atoms with Gasteiger partial charge < -0.3 is 9.63 Å². The van der Waals surface area contributed by atoms with E-state index >= 15 is 0 Å². The van der Waals surface area contributed by atoms with Crippen molar-refractivity contribution in [3.05, 3.63) is 84.9 Å². The summed E-state index contributed by atoms with van der Waals surface area (Å²) in [5.74, 6) is 0.710. The van der Waals surface area contributed by atoms with E-state index in [1.54, 1.807) is 12.1 Å². The molecule has 0 amide bonds. The Hall–Kier alpha value is -2.43. The first-order valence-corrected chi connectivity index (χ1v) is 11.7. The largest absolute Gasteiger partial charge is 0.565 e. The van der Waals surface area contributed by atoms with Gasteiger partial charge in [-0.25, -0.2) is 15.2 Å². The molecule has 0 aliphatic carbocycles. The summed E-state index contributed by atoms with van der Waals surface area (Å²) < 4.78 is 17.3. The van der Waals surface area contributed by atoms with Crippen LogP contribution in [0.1, 0.15) is 24.8 Å². The van der Waals surface area contributed by atoms with Gasteiger partial charge in [0.05, 0.1) is 31.4 Å². The van der Waals surface area contributed by atoms with Gasteiger partial charge in [0.1, 0.15) is 12.1 Å². The molecule has 0 aliphatic rings. The van der Waals surface area contributed by atoms with Gasteiger partial charge in [-0.1, -0.05) is 46.9 Å². The summed E-state index contributed by atoms with van der Waals surface area (Å²) in [6, 6.07) is 9.88. The lowest BCUT2D eigenvalue weighted by Gasteiger charge is -2.10. The molecule has 0 aliphatic heterocycles. The van der Waals surface area contributed by atoms with Crippen molar-refractivity contribution in [2.75, 3.05) is 0 Å². The second kappa shape index (κ2) is 13.5. The fourth-order valence-electron chi connectivity index (χ4n) is 2.73. The third kappa shape index (κ3) is 8.41. The van der Waals surface area contributed by atoms with Gasteiger partial charge in [0.15, 0.2) is 5.75 Å². The highest BCUT2D eigenvalue weighted by atomic mass is 35.5.